The molecule has 0 atom stereocenters. The van der Waals surface area contributed by atoms with Crippen LogP contribution in [0.25, 0.3) is 11.8 Å². The number of anilines is 2. The average Bonchev–Trinajstić information content (AvgIpc) is 3.30. The van der Waals surface area contributed by atoms with Gasteiger partial charge in [-0.05, 0) is 50.3 Å². The van der Waals surface area contributed by atoms with E-state index < -0.39 is 11.8 Å². The van der Waals surface area contributed by atoms with Gasteiger partial charge in [0.05, 0.1) is 18.6 Å². The minimum Gasteiger partial charge on any atom is -0.501 e. The van der Waals surface area contributed by atoms with Crippen molar-refractivity contribution in [2.45, 2.75) is 50.0 Å². The number of aromatic nitrogens is 4. The second kappa shape index (κ2) is 11.7. The fourth-order valence-corrected chi connectivity index (χ4v) is 4.62. The molecular formula is C29H31FN6O2S. The summed E-state index contributed by atoms with van der Waals surface area (Å²) in [5.74, 6) is 0.657. The molecule has 2 aromatic heterocycles. The standard InChI is InChI=1S/C29H31FN6O2S/c1-18(38-6)14-22-19(2)31-17-32-27(22)39-21-11-9-10-20(15-21)33-28(37)34-26-16-25(29(3,4)5)35-36(26)24-13-8-7-12-23(24)30/h7-17H,1-6H3,(H2,33,34,37)/b18-14+. The number of ether oxygens (including phenoxy) is 1. The number of carbonyl (C=O) groups is 1. The third kappa shape index (κ3) is 6.83. The molecule has 2 amide bonds. The van der Waals surface area contributed by atoms with Crippen LogP contribution >= 0.6 is 11.8 Å². The summed E-state index contributed by atoms with van der Waals surface area (Å²) in [6, 6.07) is 15.0. The minimum atomic E-state index is -0.479. The number of amides is 2. The van der Waals surface area contributed by atoms with Gasteiger partial charge in [0, 0.05) is 33.3 Å². The van der Waals surface area contributed by atoms with Gasteiger partial charge in [0.15, 0.2) is 0 Å². The van der Waals surface area contributed by atoms with Gasteiger partial charge >= 0.3 is 6.03 Å². The molecule has 4 rings (SSSR count). The number of halogens is 1. The summed E-state index contributed by atoms with van der Waals surface area (Å²) in [5, 5.41) is 11.0. The van der Waals surface area contributed by atoms with Crippen LogP contribution in [-0.4, -0.2) is 32.9 Å². The van der Waals surface area contributed by atoms with Gasteiger partial charge in [0.2, 0.25) is 0 Å². The third-order valence-electron chi connectivity index (χ3n) is 5.82. The first-order valence-electron chi connectivity index (χ1n) is 12.3. The number of methoxy groups -OCH3 is 1. The molecule has 0 bridgehead atoms. The highest BCUT2D eigenvalue weighted by Gasteiger charge is 2.22. The molecule has 4 aromatic rings. The second-order valence-electron chi connectivity index (χ2n) is 9.87. The van der Waals surface area contributed by atoms with Crippen LogP contribution in [0.1, 0.15) is 44.6 Å². The highest BCUT2D eigenvalue weighted by atomic mass is 32.2. The van der Waals surface area contributed by atoms with Gasteiger partial charge in [-0.1, -0.05) is 50.7 Å². The number of aryl methyl sites for hydroxylation is 1. The number of nitrogens with one attached hydrogen (secondary N) is 2. The summed E-state index contributed by atoms with van der Waals surface area (Å²) >= 11 is 1.45. The normalized spacial score (nSPS) is 11.8. The largest absolute Gasteiger partial charge is 0.501 e. The molecule has 0 spiro atoms. The molecule has 0 aliphatic heterocycles. The van der Waals surface area contributed by atoms with Gasteiger partial charge in [-0.15, -0.1) is 0 Å². The summed E-state index contributed by atoms with van der Waals surface area (Å²) < 4.78 is 21.3. The molecule has 0 fully saturated rings. The van der Waals surface area contributed by atoms with Crippen molar-refractivity contribution in [2.75, 3.05) is 17.7 Å². The smallest absolute Gasteiger partial charge is 0.324 e. The van der Waals surface area contributed by atoms with E-state index in [0.29, 0.717) is 17.2 Å². The molecule has 0 saturated carbocycles. The van der Waals surface area contributed by atoms with E-state index in [-0.39, 0.29) is 11.1 Å². The molecule has 0 unspecified atom stereocenters. The van der Waals surface area contributed by atoms with Crippen molar-refractivity contribution < 1.29 is 13.9 Å². The zero-order valence-corrected chi connectivity index (χ0v) is 23.6. The molecule has 2 aromatic carbocycles. The Morgan fingerprint density at radius 3 is 2.56 bits per heavy atom. The van der Waals surface area contributed by atoms with Gasteiger partial charge in [0.25, 0.3) is 0 Å². The number of rotatable bonds is 7. The number of allylic oxidation sites excluding steroid dienone is 1. The van der Waals surface area contributed by atoms with Crippen LogP contribution in [0.5, 0.6) is 0 Å². The first-order valence-corrected chi connectivity index (χ1v) is 13.1. The third-order valence-corrected chi connectivity index (χ3v) is 6.83. The number of benzene rings is 2. The maximum absolute atomic E-state index is 14.6. The number of carbonyl (C=O) groups excluding carboxylic acids is 1. The van der Waals surface area contributed by atoms with Gasteiger partial charge in [0.1, 0.15) is 28.7 Å². The molecule has 0 radical (unpaired) electrons. The Morgan fingerprint density at radius 2 is 1.85 bits per heavy atom. The quantitative estimate of drug-likeness (QED) is 0.188. The van der Waals surface area contributed by atoms with Crippen LogP contribution in [0.15, 0.2) is 76.6 Å². The van der Waals surface area contributed by atoms with E-state index in [4.69, 9.17) is 4.74 Å². The average molecular weight is 547 g/mol. The molecule has 10 heteroatoms. The lowest BCUT2D eigenvalue weighted by Crippen LogP contribution is -2.21. The van der Waals surface area contributed by atoms with E-state index in [1.807, 2.05) is 58.9 Å². The Morgan fingerprint density at radius 1 is 1.08 bits per heavy atom. The lowest BCUT2D eigenvalue weighted by molar-refractivity contribution is 0.262. The Hall–Kier alpha value is -4.18. The van der Waals surface area contributed by atoms with Crippen LogP contribution in [-0.2, 0) is 10.2 Å². The van der Waals surface area contributed by atoms with E-state index in [2.05, 4.69) is 25.7 Å². The highest BCUT2D eigenvalue weighted by Crippen LogP contribution is 2.32. The zero-order valence-electron chi connectivity index (χ0n) is 22.7. The molecule has 2 heterocycles. The summed E-state index contributed by atoms with van der Waals surface area (Å²) in [6.07, 6.45) is 3.43. The lowest BCUT2D eigenvalue weighted by atomic mass is 9.92. The van der Waals surface area contributed by atoms with Crippen LogP contribution in [0, 0.1) is 12.7 Å². The number of urea groups is 1. The summed E-state index contributed by atoms with van der Waals surface area (Å²) in [4.78, 5) is 22.6. The summed E-state index contributed by atoms with van der Waals surface area (Å²) in [5.41, 5.74) is 2.95. The second-order valence-corrected chi connectivity index (χ2v) is 10.9. The zero-order chi connectivity index (χ0) is 28.2. The number of hydrogen-bond acceptors (Lipinski definition) is 6. The van der Waals surface area contributed by atoms with Crippen molar-refractivity contribution in [3.63, 3.8) is 0 Å². The monoisotopic (exact) mass is 546 g/mol. The molecule has 0 aliphatic rings. The van der Waals surface area contributed by atoms with Crippen molar-refractivity contribution in [3.8, 4) is 5.69 Å². The van der Waals surface area contributed by atoms with E-state index >= 15 is 0 Å². The Balaban J connectivity index is 1.56. The summed E-state index contributed by atoms with van der Waals surface area (Å²) in [7, 11) is 1.62. The Labute approximate surface area is 231 Å². The van der Waals surface area contributed by atoms with E-state index in [0.717, 1.165) is 26.9 Å². The molecule has 202 valence electrons. The van der Waals surface area contributed by atoms with E-state index in [1.165, 1.54) is 28.8 Å². The van der Waals surface area contributed by atoms with Crippen LogP contribution < -0.4 is 10.6 Å². The van der Waals surface area contributed by atoms with Crippen LogP contribution in [0.3, 0.4) is 0 Å². The van der Waals surface area contributed by atoms with Gasteiger partial charge in [-0.25, -0.2) is 23.8 Å². The van der Waals surface area contributed by atoms with E-state index in [1.54, 1.807) is 37.4 Å². The Kier molecular flexibility index (Phi) is 8.35. The number of hydrogen-bond donors (Lipinski definition) is 2. The van der Waals surface area contributed by atoms with Crippen LogP contribution in [0.4, 0.5) is 20.7 Å². The molecular weight excluding hydrogens is 515 g/mol. The SMILES string of the molecule is CO/C(C)=C/c1c(C)ncnc1Sc1cccc(NC(=O)Nc2cc(C(C)(C)C)nn2-c2ccccc2F)c1. The van der Waals surface area contributed by atoms with Crippen molar-refractivity contribution >= 4 is 35.4 Å². The van der Waals surface area contributed by atoms with Crippen molar-refractivity contribution in [3.05, 3.63) is 89.5 Å². The number of nitrogens with zero attached hydrogens (tertiary/aromatic N) is 4. The highest BCUT2D eigenvalue weighted by molar-refractivity contribution is 7.99. The van der Waals surface area contributed by atoms with Crippen molar-refractivity contribution in [2.24, 2.45) is 0 Å². The minimum absolute atomic E-state index is 0.246. The predicted molar refractivity (Wildman–Crippen MR) is 153 cm³/mol. The van der Waals surface area contributed by atoms with E-state index in [9.17, 15) is 9.18 Å². The van der Waals surface area contributed by atoms with Crippen LogP contribution in [0.2, 0.25) is 0 Å². The number of para-hydroxylation sites is 1. The maximum atomic E-state index is 14.6. The topological polar surface area (TPSA) is 94.0 Å². The van der Waals surface area contributed by atoms with Gasteiger partial charge in [-0.3, -0.25) is 5.32 Å². The fourth-order valence-electron chi connectivity index (χ4n) is 3.64. The molecule has 8 nitrogen and oxygen atoms in total. The van der Waals surface area contributed by atoms with Crippen molar-refractivity contribution in [1.29, 1.82) is 0 Å². The lowest BCUT2D eigenvalue weighted by Gasteiger charge is -2.14. The Bertz CT molecular complexity index is 1530. The summed E-state index contributed by atoms with van der Waals surface area (Å²) in [6.45, 7) is 9.80. The molecule has 2 N–H and O–H groups in total. The maximum Gasteiger partial charge on any atom is 0.324 e. The van der Waals surface area contributed by atoms with Gasteiger partial charge < -0.3 is 10.1 Å². The first kappa shape index (κ1) is 27.8. The van der Waals surface area contributed by atoms with Gasteiger partial charge in [-0.2, -0.15) is 5.10 Å². The molecule has 0 saturated heterocycles. The molecule has 39 heavy (non-hydrogen) atoms. The predicted octanol–water partition coefficient (Wildman–Crippen LogP) is 7.21. The first-order chi connectivity index (χ1) is 18.5. The fraction of sp³-hybridized carbons (Fsp3) is 0.241. The van der Waals surface area contributed by atoms with Crippen molar-refractivity contribution in [1.82, 2.24) is 19.7 Å². The molecule has 0 aliphatic carbocycles.